The van der Waals surface area contributed by atoms with Crippen LogP contribution in [-0.2, 0) is 17.9 Å². The number of halogens is 1. The van der Waals surface area contributed by atoms with Gasteiger partial charge < -0.3 is 5.32 Å². The number of hydrogen-bond acceptors (Lipinski definition) is 3. The van der Waals surface area contributed by atoms with E-state index in [2.05, 4.69) is 5.32 Å². The molecular formula is C23H18ClN3O3. The van der Waals surface area contributed by atoms with E-state index in [1.165, 1.54) is 16.8 Å². The molecule has 1 N–H and O–H groups in total. The molecule has 0 spiro atoms. The molecular weight excluding hydrogens is 402 g/mol. The van der Waals surface area contributed by atoms with Gasteiger partial charge in [0.25, 0.3) is 5.56 Å². The van der Waals surface area contributed by atoms with Crippen LogP contribution < -0.4 is 16.6 Å². The second-order valence-corrected chi connectivity index (χ2v) is 7.22. The molecule has 0 bridgehead atoms. The van der Waals surface area contributed by atoms with Crippen molar-refractivity contribution in [3.63, 3.8) is 0 Å². The Morgan fingerprint density at radius 2 is 1.63 bits per heavy atom. The summed E-state index contributed by atoms with van der Waals surface area (Å²) < 4.78 is 2.27. The SMILES string of the molecule is O=C(Cn1c(=O)ccn(Cc2ccccc2Cl)c1=O)Nc1cccc2ccccc12. The Kier molecular flexibility index (Phi) is 5.50. The van der Waals surface area contributed by atoms with Crippen LogP contribution in [0.1, 0.15) is 5.56 Å². The molecule has 1 heterocycles. The van der Waals surface area contributed by atoms with Crippen LogP contribution in [0, 0.1) is 0 Å². The van der Waals surface area contributed by atoms with Crippen molar-refractivity contribution in [2.75, 3.05) is 5.32 Å². The van der Waals surface area contributed by atoms with Crippen LogP contribution in [-0.4, -0.2) is 15.0 Å². The normalized spacial score (nSPS) is 10.8. The first-order valence-electron chi connectivity index (χ1n) is 9.34. The van der Waals surface area contributed by atoms with E-state index in [1.54, 1.807) is 24.3 Å². The van der Waals surface area contributed by atoms with Gasteiger partial charge in [-0.1, -0.05) is 66.2 Å². The molecule has 6 nitrogen and oxygen atoms in total. The topological polar surface area (TPSA) is 73.1 Å². The summed E-state index contributed by atoms with van der Waals surface area (Å²) in [4.78, 5) is 37.7. The van der Waals surface area contributed by atoms with Crippen LogP contribution in [0.25, 0.3) is 10.8 Å². The van der Waals surface area contributed by atoms with Gasteiger partial charge in [0.05, 0.1) is 6.54 Å². The molecule has 0 saturated carbocycles. The lowest BCUT2D eigenvalue weighted by Gasteiger charge is -2.12. The van der Waals surface area contributed by atoms with E-state index < -0.39 is 17.2 Å². The summed E-state index contributed by atoms with van der Waals surface area (Å²) in [6.07, 6.45) is 1.41. The van der Waals surface area contributed by atoms with Gasteiger partial charge in [0.15, 0.2) is 0 Å². The quantitative estimate of drug-likeness (QED) is 0.538. The molecule has 0 fully saturated rings. The molecule has 0 saturated heterocycles. The van der Waals surface area contributed by atoms with Crippen molar-refractivity contribution in [3.8, 4) is 0 Å². The van der Waals surface area contributed by atoms with E-state index >= 15 is 0 Å². The summed E-state index contributed by atoms with van der Waals surface area (Å²) in [5.74, 6) is -0.457. The first kappa shape index (κ1) is 19.7. The standard InChI is InChI=1S/C23H18ClN3O3/c24-19-10-4-2-7-17(19)14-26-13-12-22(29)27(23(26)30)15-21(28)25-20-11-5-8-16-6-1-3-9-18(16)20/h1-13H,14-15H2,(H,25,28). The number of aromatic nitrogens is 2. The van der Waals surface area contributed by atoms with Crippen LogP contribution in [0.15, 0.2) is 88.6 Å². The number of hydrogen-bond donors (Lipinski definition) is 1. The second kappa shape index (κ2) is 8.39. The summed E-state index contributed by atoms with van der Waals surface area (Å²) in [5, 5.41) is 5.18. The highest BCUT2D eigenvalue weighted by atomic mass is 35.5. The lowest BCUT2D eigenvalue weighted by Crippen LogP contribution is -2.41. The number of rotatable bonds is 5. The maximum atomic E-state index is 12.8. The van der Waals surface area contributed by atoms with Gasteiger partial charge in [0, 0.05) is 28.4 Å². The van der Waals surface area contributed by atoms with Gasteiger partial charge >= 0.3 is 5.69 Å². The van der Waals surface area contributed by atoms with E-state index in [9.17, 15) is 14.4 Å². The lowest BCUT2D eigenvalue weighted by atomic mass is 10.1. The van der Waals surface area contributed by atoms with Crippen molar-refractivity contribution in [1.82, 2.24) is 9.13 Å². The highest BCUT2D eigenvalue weighted by molar-refractivity contribution is 6.31. The number of nitrogens with zero attached hydrogens (tertiary/aromatic N) is 2. The first-order valence-corrected chi connectivity index (χ1v) is 9.72. The third-order valence-corrected chi connectivity index (χ3v) is 5.17. The molecule has 1 amide bonds. The molecule has 4 rings (SSSR count). The molecule has 4 aromatic rings. The third kappa shape index (κ3) is 4.04. The van der Waals surface area contributed by atoms with E-state index in [0.29, 0.717) is 10.7 Å². The smallest absolute Gasteiger partial charge is 0.324 e. The van der Waals surface area contributed by atoms with Gasteiger partial charge in [-0.15, -0.1) is 0 Å². The van der Waals surface area contributed by atoms with Crippen molar-refractivity contribution in [2.24, 2.45) is 0 Å². The fourth-order valence-electron chi connectivity index (χ4n) is 3.30. The minimum absolute atomic E-state index is 0.198. The Hall–Kier alpha value is -3.64. The monoisotopic (exact) mass is 419 g/mol. The van der Waals surface area contributed by atoms with Gasteiger partial charge in [0.1, 0.15) is 6.54 Å². The third-order valence-electron chi connectivity index (χ3n) is 4.80. The van der Waals surface area contributed by atoms with Crippen molar-refractivity contribution in [1.29, 1.82) is 0 Å². The second-order valence-electron chi connectivity index (χ2n) is 6.82. The number of benzene rings is 3. The Morgan fingerprint density at radius 1 is 0.900 bits per heavy atom. The summed E-state index contributed by atoms with van der Waals surface area (Å²) in [7, 11) is 0. The number of carbonyl (C=O) groups excluding carboxylic acids is 1. The minimum Gasteiger partial charge on any atom is -0.324 e. The summed E-state index contributed by atoms with van der Waals surface area (Å²) in [5.41, 5.74) is 0.254. The summed E-state index contributed by atoms with van der Waals surface area (Å²) >= 11 is 6.17. The molecule has 0 aliphatic rings. The van der Waals surface area contributed by atoms with Crippen molar-refractivity contribution in [2.45, 2.75) is 13.1 Å². The maximum Gasteiger partial charge on any atom is 0.331 e. The van der Waals surface area contributed by atoms with E-state index in [-0.39, 0.29) is 13.1 Å². The molecule has 0 aliphatic heterocycles. The van der Waals surface area contributed by atoms with Gasteiger partial charge in [-0.2, -0.15) is 0 Å². The summed E-state index contributed by atoms with van der Waals surface area (Å²) in [6, 6.07) is 21.6. The molecule has 0 unspecified atom stereocenters. The number of nitrogens with one attached hydrogen (secondary N) is 1. The van der Waals surface area contributed by atoms with Crippen LogP contribution in [0.4, 0.5) is 5.69 Å². The van der Waals surface area contributed by atoms with Gasteiger partial charge in [-0.25, -0.2) is 4.79 Å². The lowest BCUT2D eigenvalue weighted by molar-refractivity contribution is -0.116. The number of fused-ring (bicyclic) bond motifs is 1. The van der Waals surface area contributed by atoms with Crippen LogP contribution in [0.5, 0.6) is 0 Å². The Bertz CT molecular complexity index is 1350. The van der Waals surface area contributed by atoms with E-state index in [4.69, 9.17) is 11.6 Å². The van der Waals surface area contributed by atoms with Crippen LogP contribution >= 0.6 is 11.6 Å². The molecule has 3 aromatic carbocycles. The fourth-order valence-corrected chi connectivity index (χ4v) is 3.50. The highest BCUT2D eigenvalue weighted by Gasteiger charge is 2.12. The van der Waals surface area contributed by atoms with Crippen LogP contribution in [0.3, 0.4) is 0 Å². The number of carbonyl (C=O) groups is 1. The molecule has 150 valence electrons. The molecule has 0 radical (unpaired) electrons. The molecule has 0 aliphatic carbocycles. The molecule has 0 atom stereocenters. The average Bonchev–Trinajstić information content (AvgIpc) is 2.75. The predicted molar refractivity (Wildman–Crippen MR) is 118 cm³/mol. The zero-order valence-corrected chi connectivity index (χ0v) is 16.7. The van der Waals surface area contributed by atoms with Crippen molar-refractivity contribution >= 4 is 34.0 Å². The molecule has 30 heavy (non-hydrogen) atoms. The zero-order chi connectivity index (χ0) is 21.1. The van der Waals surface area contributed by atoms with E-state index in [1.807, 2.05) is 42.5 Å². The van der Waals surface area contributed by atoms with Gasteiger partial charge in [0.2, 0.25) is 5.91 Å². The van der Waals surface area contributed by atoms with Crippen LogP contribution in [0.2, 0.25) is 5.02 Å². The van der Waals surface area contributed by atoms with Crippen molar-refractivity contribution in [3.05, 3.63) is 110 Å². The zero-order valence-electron chi connectivity index (χ0n) is 15.9. The Morgan fingerprint density at radius 3 is 2.47 bits per heavy atom. The predicted octanol–water partition coefficient (Wildman–Crippen LogP) is 3.50. The molecule has 7 heteroatoms. The van der Waals surface area contributed by atoms with Crippen molar-refractivity contribution < 1.29 is 4.79 Å². The Balaban J connectivity index is 1.60. The minimum atomic E-state index is -0.574. The Labute approximate surface area is 177 Å². The number of anilines is 1. The first-order chi connectivity index (χ1) is 14.5. The maximum absolute atomic E-state index is 12.8. The van der Waals surface area contributed by atoms with E-state index in [0.717, 1.165) is 20.9 Å². The number of amides is 1. The summed E-state index contributed by atoms with van der Waals surface area (Å²) in [6.45, 7) is -0.187. The van der Waals surface area contributed by atoms with Gasteiger partial charge in [-0.3, -0.25) is 18.7 Å². The van der Waals surface area contributed by atoms with Gasteiger partial charge in [-0.05, 0) is 23.1 Å². The average molecular weight is 420 g/mol. The largest absolute Gasteiger partial charge is 0.331 e. The highest BCUT2D eigenvalue weighted by Crippen LogP contribution is 2.22. The molecule has 1 aromatic heterocycles. The fraction of sp³-hybridized carbons (Fsp3) is 0.0870.